The number of aromatic nitrogens is 1. The third-order valence-corrected chi connectivity index (χ3v) is 3.34. The number of amides is 1. The Morgan fingerprint density at radius 1 is 1.69 bits per heavy atom. The molecule has 0 aliphatic rings. The zero-order valence-corrected chi connectivity index (χ0v) is 10.7. The lowest BCUT2D eigenvalue weighted by atomic mass is 10.2. The Kier molecular flexibility index (Phi) is 5.25. The largest absolute Gasteiger partial charge is 0.505 e. The van der Waals surface area contributed by atoms with E-state index in [1.165, 1.54) is 18.5 Å². The SMILES string of the molecule is CCC(Br)CCNC(=O)c1ccncc1O. The van der Waals surface area contributed by atoms with Crippen molar-refractivity contribution in [3.63, 3.8) is 0 Å². The fraction of sp³-hybridized carbons (Fsp3) is 0.455. The molecular formula is C11H15BrN2O2. The molecule has 2 N–H and O–H groups in total. The molecule has 0 spiro atoms. The number of aromatic hydroxyl groups is 1. The van der Waals surface area contributed by atoms with Crippen molar-refractivity contribution in [3.05, 3.63) is 24.0 Å². The van der Waals surface area contributed by atoms with Gasteiger partial charge in [0.2, 0.25) is 0 Å². The summed E-state index contributed by atoms with van der Waals surface area (Å²) in [6, 6.07) is 1.50. The maximum Gasteiger partial charge on any atom is 0.255 e. The van der Waals surface area contributed by atoms with Crippen LogP contribution in [-0.2, 0) is 0 Å². The number of pyridine rings is 1. The second-order valence-corrected chi connectivity index (χ2v) is 4.74. The van der Waals surface area contributed by atoms with E-state index in [9.17, 15) is 9.90 Å². The summed E-state index contributed by atoms with van der Waals surface area (Å²) >= 11 is 3.49. The number of hydrogen-bond acceptors (Lipinski definition) is 3. The van der Waals surface area contributed by atoms with Crippen molar-refractivity contribution < 1.29 is 9.90 Å². The molecule has 1 rings (SSSR count). The van der Waals surface area contributed by atoms with Crippen molar-refractivity contribution in [3.8, 4) is 5.75 Å². The summed E-state index contributed by atoms with van der Waals surface area (Å²) in [6.45, 7) is 2.67. The number of alkyl halides is 1. The summed E-state index contributed by atoms with van der Waals surface area (Å²) in [5, 5.41) is 12.2. The summed E-state index contributed by atoms with van der Waals surface area (Å²) in [7, 11) is 0. The van der Waals surface area contributed by atoms with E-state index in [1.54, 1.807) is 0 Å². The zero-order valence-electron chi connectivity index (χ0n) is 9.11. The maximum absolute atomic E-state index is 11.6. The summed E-state index contributed by atoms with van der Waals surface area (Å²) < 4.78 is 0. The number of carbonyl (C=O) groups excluding carboxylic acids is 1. The minimum Gasteiger partial charge on any atom is -0.505 e. The molecule has 1 aromatic rings. The summed E-state index contributed by atoms with van der Waals surface area (Å²) in [5.74, 6) is -0.360. The van der Waals surface area contributed by atoms with Crippen molar-refractivity contribution >= 4 is 21.8 Å². The van der Waals surface area contributed by atoms with Crippen LogP contribution < -0.4 is 5.32 Å². The first kappa shape index (κ1) is 13.0. The number of hydrogen-bond donors (Lipinski definition) is 2. The molecule has 0 fully saturated rings. The molecule has 0 saturated carbocycles. The molecule has 5 heteroatoms. The van der Waals surface area contributed by atoms with Crippen LogP contribution in [0.1, 0.15) is 30.1 Å². The van der Waals surface area contributed by atoms with Gasteiger partial charge in [0.05, 0.1) is 11.8 Å². The predicted octanol–water partition coefficient (Wildman–Crippen LogP) is 2.08. The molecule has 1 unspecified atom stereocenters. The standard InChI is InChI=1S/C11H15BrN2O2/c1-2-8(12)3-6-14-11(16)9-4-5-13-7-10(9)15/h4-5,7-8,15H,2-3,6H2,1H3,(H,14,16). The zero-order chi connectivity index (χ0) is 12.0. The molecular weight excluding hydrogens is 272 g/mol. The van der Waals surface area contributed by atoms with Crippen LogP contribution >= 0.6 is 15.9 Å². The van der Waals surface area contributed by atoms with Gasteiger partial charge in [-0.05, 0) is 18.9 Å². The molecule has 16 heavy (non-hydrogen) atoms. The lowest BCUT2D eigenvalue weighted by molar-refractivity contribution is 0.0950. The lowest BCUT2D eigenvalue weighted by Gasteiger charge is -2.08. The number of nitrogens with one attached hydrogen (secondary N) is 1. The first-order valence-corrected chi connectivity index (χ1v) is 6.12. The van der Waals surface area contributed by atoms with Crippen LogP contribution in [0, 0.1) is 0 Å². The third kappa shape index (κ3) is 3.81. The van der Waals surface area contributed by atoms with Crippen LogP contribution in [-0.4, -0.2) is 27.4 Å². The van der Waals surface area contributed by atoms with Crippen molar-refractivity contribution in [2.75, 3.05) is 6.54 Å². The third-order valence-electron chi connectivity index (χ3n) is 2.23. The van der Waals surface area contributed by atoms with Crippen LogP contribution in [0.5, 0.6) is 5.75 Å². The van der Waals surface area contributed by atoms with Gasteiger partial charge in [0.25, 0.3) is 5.91 Å². The normalized spacial score (nSPS) is 12.1. The van der Waals surface area contributed by atoms with Gasteiger partial charge in [-0.1, -0.05) is 22.9 Å². The molecule has 0 radical (unpaired) electrons. The molecule has 4 nitrogen and oxygen atoms in total. The Hall–Kier alpha value is -1.10. The van der Waals surface area contributed by atoms with Gasteiger partial charge in [-0.3, -0.25) is 9.78 Å². The smallest absolute Gasteiger partial charge is 0.255 e. The van der Waals surface area contributed by atoms with Crippen molar-refractivity contribution in [1.82, 2.24) is 10.3 Å². The van der Waals surface area contributed by atoms with E-state index in [2.05, 4.69) is 33.2 Å². The first-order valence-electron chi connectivity index (χ1n) is 5.20. The van der Waals surface area contributed by atoms with E-state index < -0.39 is 0 Å². The van der Waals surface area contributed by atoms with Gasteiger partial charge < -0.3 is 10.4 Å². The second kappa shape index (κ2) is 6.48. The molecule has 0 bridgehead atoms. The van der Waals surface area contributed by atoms with Crippen molar-refractivity contribution in [2.24, 2.45) is 0 Å². The summed E-state index contributed by atoms with van der Waals surface area (Å²) in [6.07, 6.45) is 4.63. The Morgan fingerprint density at radius 3 is 3.06 bits per heavy atom. The molecule has 1 atom stereocenters. The number of rotatable bonds is 5. The number of halogens is 1. The highest BCUT2D eigenvalue weighted by Crippen LogP contribution is 2.13. The summed E-state index contributed by atoms with van der Waals surface area (Å²) in [4.78, 5) is 15.7. The first-order chi connectivity index (χ1) is 7.65. The number of carbonyl (C=O) groups is 1. The quantitative estimate of drug-likeness (QED) is 0.815. The van der Waals surface area contributed by atoms with E-state index in [-0.39, 0.29) is 17.2 Å². The molecule has 0 aromatic carbocycles. The Balaban J connectivity index is 2.44. The minimum absolute atomic E-state index is 0.0918. The van der Waals surface area contributed by atoms with Crippen LogP contribution in [0.4, 0.5) is 0 Å². The molecule has 88 valence electrons. The van der Waals surface area contributed by atoms with Gasteiger partial charge in [0.1, 0.15) is 5.75 Å². The summed E-state index contributed by atoms with van der Waals surface area (Å²) in [5.41, 5.74) is 0.262. The monoisotopic (exact) mass is 286 g/mol. The molecule has 0 saturated heterocycles. The van der Waals surface area contributed by atoms with E-state index in [1.807, 2.05) is 0 Å². The van der Waals surface area contributed by atoms with Crippen LogP contribution in [0.25, 0.3) is 0 Å². The molecule has 1 aromatic heterocycles. The predicted molar refractivity (Wildman–Crippen MR) is 65.9 cm³/mol. The van der Waals surface area contributed by atoms with Gasteiger partial charge in [0, 0.05) is 17.6 Å². The van der Waals surface area contributed by atoms with Crippen LogP contribution in [0.3, 0.4) is 0 Å². The highest BCUT2D eigenvalue weighted by molar-refractivity contribution is 9.09. The van der Waals surface area contributed by atoms with E-state index in [4.69, 9.17) is 0 Å². The van der Waals surface area contributed by atoms with Crippen molar-refractivity contribution in [1.29, 1.82) is 0 Å². The van der Waals surface area contributed by atoms with Crippen molar-refractivity contribution in [2.45, 2.75) is 24.6 Å². The Morgan fingerprint density at radius 2 is 2.44 bits per heavy atom. The Bertz CT molecular complexity index is 358. The van der Waals surface area contributed by atoms with E-state index >= 15 is 0 Å². The lowest BCUT2D eigenvalue weighted by Crippen LogP contribution is -2.26. The number of nitrogens with zero attached hydrogens (tertiary/aromatic N) is 1. The van der Waals surface area contributed by atoms with Gasteiger partial charge in [-0.25, -0.2) is 0 Å². The average molecular weight is 287 g/mol. The van der Waals surface area contributed by atoms with Gasteiger partial charge in [-0.15, -0.1) is 0 Å². The molecule has 1 heterocycles. The molecule has 1 amide bonds. The van der Waals surface area contributed by atoms with Gasteiger partial charge in [0.15, 0.2) is 0 Å². The van der Waals surface area contributed by atoms with E-state index in [0.29, 0.717) is 11.4 Å². The van der Waals surface area contributed by atoms with Crippen LogP contribution in [0.15, 0.2) is 18.5 Å². The minimum atomic E-state index is -0.268. The molecule has 0 aliphatic carbocycles. The fourth-order valence-corrected chi connectivity index (χ4v) is 1.45. The molecule has 0 aliphatic heterocycles. The maximum atomic E-state index is 11.6. The van der Waals surface area contributed by atoms with Crippen LogP contribution in [0.2, 0.25) is 0 Å². The van der Waals surface area contributed by atoms with Gasteiger partial charge in [-0.2, -0.15) is 0 Å². The second-order valence-electron chi connectivity index (χ2n) is 3.44. The average Bonchev–Trinajstić information content (AvgIpc) is 2.29. The topological polar surface area (TPSA) is 62.2 Å². The fourth-order valence-electron chi connectivity index (χ4n) is 1.22. The highest BCUT2D eigenvalue weighted by atomic mass is 79.9. The van der Waals surface area contributed by atoms with Gasteiger partial charge >= 0.3 is 0 Å². The Labute approximate surface area is 103 Å². The highest BCUT2D eigenvalue weighted by Gasteiger charge is 2.10. The van der Waals surface area contributed by atoms with E-state index in [0.717, 1.165) is 12.8 Å².